The summed E-state index contributed by atoms with van der Waals surface area (Å²) in [6, 6.07) is 7.56. The van der Waals surface area contributed by atoms with Gasteiger partial charge in [0.05, 0.1) is 25.0 Å². The molecule has 0 N–H and O–H groups in total. The number of aryl methyl sites for hydroxylation is 1. The quantitative estimate of drug-likeness (QED) is 0.777. The molecular weight excluding hydrogens is 366 g/mol. The average Bonchev–Trinajstić information content (AvgIpc) is 2.87. The number of carbonyl (C=O) groups excluding carboxylic acids is 1. The van der Waals surface area contributed by atoms with Gasteiger partial charge in [0.2, 0.25) is 10.0 Å². The summed E-state index contributed by atoms with van der Waals surface area (Å²) in [4.78, 5) is 14.9. The monoisotopic (exact) mass is 391 g/mol. The maximum atomic E-state index is 13.0. The molecule has 2 fully saturated rings. The number of likely N-dealkylation sites (tertiary alicyclic amines) is 1. The van der Waals surface area contributed by atoms with Crippen LogP contribution in [0.5, 0.6) is 0 Å². The van der Waals surface area contributed by atoms with Crippen molar-refractivity contribution in [3.63, 3.8) is 0 Å². The highest BCUT2D eigenvalue weighted by molar-refractivity contribution is 7.88. The minimum Gasteiger partial charge on any atom is -0.375 e. The molecule has 2 aliphatic rings. The molecule has 2 aromatic rings. The molecule has 27 heavy (non-hydrogen) atoms. The fraction of sp³-hybridized carbons (Fsp3) is 0.526. The molecular formula is C19H25N3O4S. The Bertz CT molecular complexity index is 968. The molecule has 8 heteroatoms. The van der Waals surface area contributed by atoms with Crippen molar-refractivity contribution in [3.8, 4) is 0 Å². The third-order valence-corrected chi connectivity index (χ3v) is 6.97. The molecule has 0 saturated carbocycles. The first-order valence-electron chi connectivity index (χ1n) is 9.27. The predicted molar refractivity (Wildman–Crippen MR) is 103 cm³/mol. The van der Waals surface area contributed by atoms with Crippen molar-refractivity contribution >= 4 is 26.8 Å². The largest absolute Gasteiger partial charge is 0.375 e. The highest BCUT2D eigenvalue weighted by Crippen LogP contribution is 2.27. The molecule has 1 amide bonds. The first-order chi connectivity index (χ1) is 12.8. The first-order valence-corrected chi connectivity index (χ1v) is 11.1. The topological polar surface area (TPSA) is 71.8 Å². The van der Waals surface area contributed by atoms with Crippen LogP contribution in [0.4, 0.5) is 0 Å². The van der Waals surface area contributed by atoms with E-state index in [0.29, 0.717) is 44.6 Å². The molecule has 0 unspecified atom stereocenters. The van der Waals surface area contributed by atoms with E-state index < -0.39 is 10.0 Å². The fourth-order valence-corrected chi connectivity index (χ4v) is 5.40. The molecule has 0 spiro atoms. The SMILES string of the molecule is Cn1ccc2cc(C(=O)N3CC[C@@H]4[C@@H](CC3)OCCN4S(C)(=O)=O)ccc21. The second kappa shape index (κ2) is 6.92. The van der Waals surface area contributed by atoms with Crippen LogP contribution in [-0.2, 0) is 21.8 Å². The number of aromatic nitrogens is 1. The zero-order valence-corrected chi connectivity index (χ0v) is 16.5. The number of amides is 1. The molecule has 2 saturated heterocycles. The van der Waals surface area contributed by atoms with E-state index in [1.807, 2.05) is 47.0 Å². The van der Waals surface area contributed by atoms with E-state index in [2.05, 4.69) is 0 Å². The number of nitrogens with zero attached hydrogens (tertiary/aromatic N) is 3. The van der Waals surface area contributed by atoms with Gasteiger partial charge in [-0.3, -0.25) is 4.79 Å². The van der Waals surface area contributed by atoms with E-state index in [1.54, 1.807) is 4.31 Å². The van der Waals surface area contributed by atoms with Crippen molar-refractivity contribution in [2.45, 2.75) is 25.0 Å². The molecule has 146 valence electrons. The molecule has 2 atom stereocenters. The van der Waals surface area contributed by atoms with Gasteiger partial charge in [-0.2, -0.15) is 4.31 Å². The number of benzene rings is 1. The number of hydrogen-bond donors (Lipinski definition) is 0. The number of morpholine rings is 1. The van der Waals surface area contributed by atoms with Gasteiger partial charge in [-0.05, 0) is 37.1 Å². The number of ether oxygens (including phenoxy) is 1. The Labute approximate surface area is 159 Å². The number of rotatable bonds is 2. The van der Waals surface area contributed by atoms with Crippen molar-refractivity contribution in [1.82, 2.24) is 13.8 Å². The molecule has 7 nitrogen and oxygen atoms in total. The van der Waals surface area contributed by atoms with Crippen molar-refractivity contribution < 1.29 is 17.9 Å². The molecule has 2 aliphatic heterocycles. The van der Waals surface area contributed by atoms with Crippen molar-refractivity contribution in [3.05, 3.63) is 36.0 Å². The van der Waals surface area contributed by atoms with Gasteiger partial charge in [0.15, 0.2) is 0 Å². The van der Waals surface area contributed by atoms with Crippen LogP contribution in [0.1, 0.15) is 23.2 Å². The number of hydrogen-bond acceptors (Lipinski definition) is 4. The minimum absolute atomic E-state index is 0.00898. The molecule has 0 aliphatic carbocycles. The lowest BCUT2D eigenvalue weighted by Crippen LogP contribution is -2.53. The summed E-state index contributed by atoms with van der Waals surface area (Å²) in [6.45, 7) is 1.90. The van der Waals surface area contributed by atoms with Gasteiger partial charge in [-0.15, -0.1) is 0 Å². The average molecular weight is 391 g/mol. The number of sulfonamides is 1. The van der Waals surface area contributed by atoms with Gasteiger partial charge in [-0.25, -0.2) is 8.42 Å². The van der Waals surface area contributed by atoms with E-state index in [1.165, 1.54) is 6.26 Å². The van der Waals surface area contributed by atoms with E-state index in [0.717, 1.165) is 10.9 Å². The summed E-state index contributed by atoms with van der Waals surface area (Å²) >= 11 is 0. The number of fused-ring (bicyclic) bond motifs is 2. The summed E-state index contributed by atoms with van der Waals surface area (Å²) in [5.74, 6) is -0.00898. The Kier molecular flexibility index (Phi) is 4.73. The molecule has 1 aromatic heterocycles. The molecule has 1 aromatic carbocycles. The van der Waals surface area contributed by atoms with Crippen LogP contribution in [0.25, 0.3) is 10.9 Å². The molecule has 3 heterocycles. The maximum Gasteiger partial charge on any atom is 0.253 e. The van der Waals surface area contributed by atoms with Crippen LogP contribution in [0.3, 0.4) is 0 Å². The van der Waals surface area contributed by atoms with Gasteiger partial charge in [0, 0.05) is 49.3 Å². The van der Waals surface area contributed by atoms with Crippen LogP contribution in [-0.4, -0.2) is 72.7 Å². The first kappa shape index (κ1) is 18.5. The van der Waals surface area contributed by atoms with Crippen molar-refractivity contribution in [2.24, 2.45) is 7.05 Å². The van der Waals surface area contributed by atoms with Gasteiger partial charge >= 0.3 is 0 Å². The van der Waals surface area contributed by atoms with E-state index >= 15 is 0 Å². The van der Waals surface area contributed by atoms with Gasteiger partial charge in [-0.1, -0.05) is 0 Å². The van der Waals surface area contributed by atoms with Crippen LogP contribution < -0.4 is 0 Å². The second-order valence-electron chi connectivity index (χ2n) is 7.42. The van der Waals surface area contributed by atoms with E-state index in [9.17, 15) is 13.2 Å². The normalized spacial score (nSPS) is 24.6. The molecule has 0 bridgehead atoms. The Morgan fingerprint density at radius 3 is 2.70 bits per heavy atom. The highest BCUT2D eigenvalue weighted by Gasteiger charge is 2.39. The van der Waals surface area contributed by atoms with Crippen molar-refractivity contribution in [2.75, 3.05) is 32.5 Å². The Morgan fingerprint density at radius 1 is 1.15 bits per heavy atom. The highest BCUT2D eigenvalue weighted by atomic mass is 32.2. The van der Waals surface area contributed by atoms with Gasteiger partial charge in [0.25, 0.3) is 5.91 Å². The van der Waals surface area contributed by atoms with E-state index in [-0.39, 0.29) is 18.1 Å². The maximum absolute atomic E-state index is 13.0. The molecule has 0 radical (unpaired) electrons. The molecule has 4 rings (SSSR count). The van der Waals surface area contributed by atoms with Crippen LogP contribution >= 0.6 is 0 Å². The summed E-state index contributed by atoms with van der Waals surface area (Å²) in [6.07, 6.45) is 4.32. The Morgan fingerprint density at radius 2 is 1.93 bits per heavy atom. The standard InChI is InChI=1S/C19H25N3O4S/c1-20-8-5-14-13-15(3-4-16(14)20)19(23)21-9-6-17-18(7-10-21)26-12-11-22(17)27(2,24)25/h3-5,8,13,17-18H,6-7,9-12H2,1-2H3/t17-,18-/m1/s1. The fourth-order valence-electron chi connectivity index (χ4n) is 4.26. The summed E-state index contributed by atoms with van der Waals surface area (Å²) in [5.41, 5.74) is 1.75. The van der Waals surface area contributed by atoms with Crippen LogP contribution in [0, 0.1) is 0 Å². The summed E-state index contributed by atoms with van der Waals surface area (Å²) in [5, 5.41) is 1.04. The lowest BCUT2D eigenvalue weighted by molar-refractivity contribution is -0.0406. The smallest absolute Gasteiger partial charge is 0.253 e. The third-order valence-electron chi connectivity index (χ3n) is 5.67. The predicted octanol–water partition coefficient (Wildman–Crippen LogP) is 1.44. The lowest BCUT2D eigenvalue weighted by atomic mass is 10.0. The Balaban J connectivity index is 1.54. The van der Waals surface area contributed by atoms with Crippen LogP contribution in [0.15, 0.2) is 30.5 Å². The van der Waals surface area contributed by atoms with Crippen LogP contribution in [0.2, 0.25) is 0 Å². The van der Waals surface area contributed by atoms with Crippen molar-refractivity contribution in [1.29, 1.82) is 0 Å². The minimum atomic E-state index is -3.28. The Hall–Kier alpha value is -1.90. The van der Waals surface area contributed by atoms with Gasteiger partial charge in [0.1, 0.15) is 0 Å². The zero-order valence-electron chi connectivity index (χ0n) is 15.7. The van der Waals surface area contributed by atoms with E-state index in [4.69, 9.17) is 4.74 Å². The third kappa shape index (κ3) is 3.49. The summed E-state index contributed by atoms with van der Waals surface area (Å²) < 4.78 is 33.6. The summed E-state index contributed by atoms with van der Waals surface area (Å²) in [7, 11) is -1.30. The zero-order chi connectivity index (χ0) is 19.2. The lowest BCUT2D eigenvalue weighted by Gasteiger charge is -2.38. The number of carbonyl (C=O) groups is 1. The second-order valence-corrected chi connectivity index (χ2v) is 9.36. The van der Waals surface area contributed by atoms with Gasteiger partial charge < -0.3 is 14.2 Å².